The van der Waals surface area contributed by atoms with Gasteiger partial charge in [-0.1, -0.05) is 44.2 Å². The molecule has 1 unspecified atom stereocenters. The largest absolute Gasteiger partial charge is 0.496 e. The molecule has 0 fully saturated rings. The van der Waals surface area contributed by atoms with Gasteiger partial charge in [0.25, 0.3) is 0 Å². The minimum Gasteiger partial charge on any atom is -0.496 e. The molecule has 0 aromatic heterocycles. The van der Waals surface area contributed by atoms with Crippen molar-refractivity contribution in [3.05, 3.63) is 65.0 Å². The fourth-order valence-electron chi connectivity index (χ4n) is 2.73. The summed E-state index contributed by atoms with van der Waals surface area (Å²) in [5, 5.41) is 6.80. The third-order valence-electron chi connectivity index (χ3n) is 4.19. The Bertz CT molecular complexity index is 673. The number of nitrogens with one attached hydrogen (secondary N) is 2. The molecule has 0 heterocycles. The summed E-state index contributed by atoms with van der Waals surface area (Å²) in [6.07, 6.45) is 0.864. The highest BCUT2D eigenvalue weighted by molar-refractivity contribution is 5.38. The van der Waals surface area contributed by atoms with Crippen LogP contribution in [0, 0.1) is 5.82 Å². The van der Waals surface area contributed by atoms with Crippen molar-refractivity contribution in [1.29, 1.82) is 0 Å². The monoisotopic (exact) mass is 344 g/mol. The van der Waals surface area contributed by atoms with Crippen molar-refractivity contribution in [3.8, 4) is 5.75 Å². The van der Waals surface area contributed by atoms with Crippen LogP contribution < -0.4 is 15.4 Å². The highest BCUT2D eigenvalue weighted by Crippen LogP contribution is 2.21. The van der Waals surface area contributed by atoms with Gasteiger partial charge in [-0.05, 0) is 31.0 Å². The average molecular weight is 344 g/mol. The van der Waals surface area contributed by atoms with Gasteiger partial charge in [-0.3, -0.25) is 0 Å². The van der Waals surface area contributed by atoms with E-state index in [-0.39, 0.29) is 11.9 Å². The Balaban J connectivity index is 1.93. The summed E-state index contributed by atoms with van der Waals surface area (Å²) in [6, 6.07) is 13.9. The molecule has 2 N–H and O–H groups in total. The van der Waals surface area contributed by atoms with Crippen LogP contribution in [0.25, 0.3) is 0 Å². The van der Waals surface area contributed by atoms with E-state index in [4.69, 9.17) is 4.74 Å². The zero-order valence-corrected chi connectivity index (χ0v) is 15.6. The highest BCUT2D eigenvalue weighted by Gasteiger charge is 2.09. The smallest absolute Gasteiger partial charge is 0.127 e. The van der Waals surface area contributed by atoms with Crippen LogP contribution in [0.5, 0.6) is 5.75 Å². The minimum atomic E-state index is -0.161. The zero-order valence-electron chi connectivity index (χ0n) is 15.6. The van der Waals surface area contributed by atoms with Gasteiger partial charge in [-0.25, -0.2) is 4.39 Å². The molecule has 2 rings (SSSR count). The molecule has 0 radical (unpaired) electrons. The number of benzene rings is 2. The van der Waals surface area contributed by atoms with Crippen LogP contribution in [0.3, 0.4) is 0 Å². The van der Waals surface area contributed by atoms with E-state index in [1.165, 1.54) is 11.6 Å². The molecular weight excluding hydrogens is 315 g/mol. The summed E-state index contributed by atoms with van der Waals surface area (Å²) in [6.45, 7) is 7.69. The number of hydrogen-bond acceptors (Lipinski definition) is 3. The van der Waals surface area contributed by atoms with Gasteiger partial charge in [0, 0.05) is 36.3 Å². The minimum absolute atomic E-state index is 0.161. The first-order valence-electron chi connectivity index (χ1n) is 8.85. The fraction of sp³-hybridized carbons (Fsp3) is 0.429. The molecule has 0 aliphatic heterocycles. The maximum atomic E-state index is 13.7. The van der Waals surface area contributed by atoms with Crippen molar-refractivity contribution in [3.63, 3.8) is 0 Å². The van der Waals surface area contributed by atoms with Gasteiger partial charge in [0.15, 0.2) is 0 Å². The molecule has 0 spiro atoms. The summed E-state index contributed by atoms with van der Waals surface area (Å²) in [7, 11) is 1.71. The molecule has 25 heavy (non-hydrogen) atoms. The molecule has 0 amide bonds. The molecule has 2 aromatic rings. The molecule has 0 aliphatic rings. The van der Waals surface area contributed by atoms with Gasteiger partial charge in [-0.2, -0.15) is 0 Å². The Kier molecular flexibility index (Phi) is 7.41. The standard InChI is InChI=1S/C21H29FN2O/c1-15(2)23-14-19-10-9-17(12-21(19)25-4)11-16(3)24-13-18-7-5-6-8-20(18)22/h5-10,12,15-16,23-24H,11,13-14H2,1-4H3. The average Bonchev–Trinajstić information content (AvgIpc) is 2.59. The second-order valence-corrected chi connectivity index (χ2v) is 6.76. The Morgan fingerprint density at radius 1 is 0.960 bits per heavy atom. The molecular formula is C21H29FN2O. The third kappa shape index (κ3) is 6.15. The molecule has 4 heteroatoms. The van der Waals surface area contributed by atoms with Crippen molar-refractivity contribution in [2.24, 2.45) is 0 Å². The third-order valence-corrected chi connectivity index (χ3v) is 4.19. The van der Waals surface area contributed by atoms with Gasteiger partial charge in [0.1, 0.15) is 11.6 Å². The molecule has 136 valence electrons. The number of hydrogen-bond donors (Lipinski definition) is 2. The lowest BCUT2D eigenvalue weighted by Gasteiger charge is -2.17. The highest BCUT2D eigenvalue weighted by atomic mass is 19.1. The lowest BCUT2D eigenvalue weighted by Crippen LogP contribution is -2.28. The normalized spacial score (nSPS) is 12.4. The van der Waals surface area contributed by atoms with E-state index in [0.29, 0.717) is 18.2 Å². The van der Waals surface area contributed by atoms with Gasteiger partial charge >= 0.3 is 0 Å². The van der Waals surface area contributed by atoms with Gasteiger partial charge in [-0.15, -0.1) is 0 Å². The molecule has 2 aromatic carbocycles. The lowest BCUT2D eigenvalue weighted by atomic mass is 10.0. The number of rotatable bonds is 9. The maximum absolute atomic E-state index is 13.7. The molecule has 1 atom stereocenters. The predicted octanol–water partition coefficient (Wildman–Crippen LogP) is 4.05. The van der Waals surface area contributed by atoms with Crippen LogP contribution in [0.2, 0.25) is 0 Å². The molecule has 3 nitrogen and oxygen atoms in total. The van der Waals surface area contributed by atoms with Crippen molar-refractivity contribution < 1.29 is 9.13 Å². The topological polar surface area (TPSA) is 33.3 Å². The van der Waals surface area contributed by atoms with Crippen molar-refractivity contribution >= 4 is 0 Å². The number of methoxy groups -OCH3 is 1. The summed E-state index contributed by atoms with van der Waals surface area (Å²) in [5.74, 6) is 0.748. The maximum Gasteiger partial charge on any atom is 0.127 e. The van der Waals surface area contributed by atoms with E-state index >= 15 is 0 Å². The summed E-state index contributed by atoms with van der Waals surface area (Å²) in [4.78, 5) is 0. The Morgan fingerprint density at radius 2 is 1.68 bits per heavy atom. The predicted molar refractivity (Wildman–Crippen MR) is 101 cm³/mol. The van der Waals surface area contributed by atoms with Gasteiger partial charge < -0.3 is 15.4 Å². The van der Waals surface area contributed by atoms with Crippen LogP contribution in [0.1, 0.15) is 37.5 Å². The van der Waals surface area contributed by atoms with Crippen LogP contribution >= 0.6 is 0 Å². The van der Waals surface area contributed by atoms with Crippen LogP contribution in [0.15, 0.2) is 42.5 Å². The van der Waals surface area contributed by atoms with Gasteiger partial charge in [0.2, 0.25) is 0 Å². The summed E-state index contributed by atoms with van der Waals surface area (Å²) < 4.78 is 19.2. The summed E-state index contributed by atoms with van der Waals surface area (Å²) >= 11 is 0. The molecule has 0 saturated carbocycles. The van der Waals surface area contributed by atoms with Crippen LogP contribution in [-0.4, -0.2) is 19.2 Å². The van der Waals surface area contributed by atoms with Gasteiger partial charge in [0.05, 0.1) is 7.11 Å². The Morgan fingerprint density at radius 3 is 2.36 bits per heavy atom. The number of halogens is 1. The Hall–Kier alpha value is -1.91. The fourth-order valence-corrected chi connectivity index (χ4v) is 2.73. The SMILES string of the molecule is COc1cc(CC(C)NCc2ccccc2F)ccc1CNC(C)C. The molecule has 0 aliphatic carbocycles. The van der Waals surface area contributed by atoms with E-state index in [9.17, 15) is 4.39 Å². The quantitative estimate of drug-likeness (QED) is 0.720. The zero-order chi connectivity index (χ0) is 18.2. The Labute approximate surface area is 150 Å². The van der Waals surface area contributed by atoms with Crippen LogP contribution in [-0.2, 0) is 19.5 Å². The second kappa shape index (κ2) is 9.54. The van der Waals surface area contributed by atoms with E-state index in [1.54, 1.807) is 13.2 Å². The van der Waals surface area contributed by atoms with E-state index in [1.807, 2.05) is 12.1 Å². The van der Waals surface area contributed by atoms with Crippen molar-refractivity contribution in [1.82, 2.24) is 10.6 Å². The molecule has 0 bridgehead atoms. The van der Waals surface area contributed by atoms with E-state index < -0.39 is 0 Å². The van der Waals surface area contributed by atoms with Crippen LogP contribution in [0.4, 0.5) is 4.39 Å². The first kappa shape index (κ1) is 19.4. The van der Waals surface area contributed by atoms with Crippen molar-refractivity contribution in [2.45, 2.75) is 52.4 Å². The first-order valence-corrected chi connectivity index (χ1v) is 8.85. The van der Waals surface area contributed by atoms with E-state index in [0.717, 1.165) is 24.3 Å². The van der Waals surface area contributed by atoms with Crippen molar-refractivity contribution in [2.75, 3.05) is 7.11 Å². The van der Waals surface area contributed by atoms with E-state index in [2.05, 4.69) is 49.6 Å². The summed E-state index contributed by atoms with van der Waals surface area (Å²) in [5.41, 5.74) is 3.06. The molecule has 0 saturated heterocycles. The first-order chi connectivity index (χ1) is 12.0. The number of ether oxygens (including phenoxy) is 1. The lowest BCUT2D eigenvalue weighted by molar-refractivity contribution is 0.405. The second-order valence-electron chi connectivity index (χ2n) is 6.76.